The molecule has 0 bridgehead atoms. The fourth-order valence-electron chi connectivity index (χ4n) is 0.596. The third-order valence-corrected chi connectivity index (χ3v) is 1.24. The van der Waals surface area contributed by atoms with Gasteiger partial charge in [0.25, 0.3) is 0 Å². The summed E-state index contributed by atoms with van der Waals surface area (Å²) in [5.74, 6) is -0.0452. The number of carbonyl (C=O) groups is 1. The molecule has 1 amide bonds. The van der Waals surface area contributed by atoms with Crippen molar-refractivity contribution >= 4 is 12.1 Å². The van der Waals surface area contributed by atoms with E-state index < -0.39 is 0 Å². The van der Waals surface area contributed by atoms with Crippen LogP contribution < -0.4 is 5.32 Å². The number of rotatable bonds is 4. The van der Waals surface area contributed by atoms with Gasteiger partial charge in [-0.05, 0) is 11.6 Å². The third-order valence-electron chi connectivity index (χ3n) is 1.24. The van der Waals surface area contributed by atoms with E-state index in [9.17, 15) is 4.79 Å². The molecule has 0 aliphatic carbocycles. The van der Waals surface area contributed by atoms with Crippen molar-refractivity contribution in [2.75, 3.05) is 13.6 Å². The highest BCUT2D eigenvalue weighted by molar-refractivity contribution is 5.75. The Hall–Kier alpha value is -1.38. The SMILES string of the molecule is C=C/C(=C\C=NC)CNC(C)=O. The van der Waals surface area contributed by atoms with Gasteiger partial charge in [0, 0.05) is 26.7 Å². The van der Waals surface area contributed by atoms with Crippen molar-refractivity contribution in [1.29, 1.82) is 0 Å². The predicted molar refractivity (Wildman–Crippen MR) is 51.4 cm³/mol. The molecule has 0 saturated heterocycles. The molecule has 1 N–H and O–H groups in total. The van der Waals surface area contributed by atoms with Crippen LogP contribution in [0.15, 0.2) is 29.3 Å². The Kier molecular flexibility index (Phi) is 5.61. The molecule has 66 valence electrons. The zero-order valence-electron chi connectivity index (χ0n) is 7.50. The van der Waals surface area contributed by atoms with E-state index in [0.29, 0.717) is 6.54 Å². The normalized spacial score (nSPS) is 11.7. The first-order valence-corrected chi connectivity index (χ1v) is 3.69. The van der Waals surface area contributed by atoms with Crippen LogP contribution in [0.25, 0.3) is 0 Å². The van der Waals surface area contributed by atoms with Crippen molar-refractivity contribution in [2.24, 2.45) is 4.99 Å². The Morgan fingerprint density at radius 2 is 2.33 bits per heavy atom. The highest BCUT2D eigenvalue weighted by Crippen LogP contribution is 1.91. The molecule has 0 spiro atoms. The molecule has 0 saturated carbocycles. The summed E-state index contributed by atoms with van der Waals surface area (Å²) in [5, 5.41) is 2.67. The quantitative estimate of drug-likeness (QED) is 0.490. The maximum atomic E-state index is 10.5. The number of nitrogens with one attached hydrogen (secondary N) is 1. The molecule has 0 radical (unpaired) electrons. The number of aliphatic imine (C=N–C) groups is 1. The number of allylic oxidation sites excluding steroid dienone is 1. The standard InChI is InChI=1S/C9H14N2O/c1-4-9(5-6-10-3)7-11-8(2)12/h4-6H,1,7H2,2-3H3,(H,11,12)/b9-5+,10-6?. The average molecular weight is 166 g/mol. The van der Waals surface area contributed by atoms with Crippen molar-refractivity contribution in [3.05, 3.63) is 24.3 Å². The molecular weight excluding hydrogens is 152 g/mol. The number of hydrogen-bond acceptors (Lipinski definition) is 2. The lowest BCUT2D eigenvalue weighted by atomic mass is 10.2. The van der Waals surface area contributed by atoms with Gasteiger partial charge in [0.15, 0.2) is 0 Å². The Bertz CT molecular complexity index is 217. The van der Waals surface area contributed by atoms with Crippen LogP contribution in [0.4, 0.5) is 0 Å². The van der Waals surface area contributed by atoms with Crippen LogP contribution in [-0.4, -0.2) is 25.7 Å². The van der Waals surface area contributed by atoms with Crippen LogP contribution >= 0.6 is 0 Å². The smallest absolute Gasteiger partial charge is 0.217 e. The van der Waals surface area contributed by atoms with Crippen LogP contribution in [0.5, 0.6) is 0 Å². The molecule has 0 aromatic carbocycles. The summed E-state index contributed by atoms with van der Waals surface area (Å²) in [7, 11) is 1.69. The van der Waals surface area contributed by atoms with Gasteiger partial charge in [-0.25, -0.2) is 0 Å². The molecule has 0 fully saturated rings. The summed E-state index contributed by atoms with van der Waals surface area (Å²) < 4.78 is 0. The number of nitrogens with zero attached hydrogens (tertiary/aromatic N) is 1. The minimum Gasteiger partial charge on any atom is -0.352 e. The summed E-state index contributed by atoms with van der Waals surface area (Å²) in [6.45, 7) is 5.60. The van der Waals surface area contributed by atoms with Crippen LogP contribution in [0.3, 0.4) is 0 Å². The van der Waals surface area contributed by atoms with E-state index in [4.69, 9.17) is 0 Å². The minimum atomic E-state index is -0.0452. The summed E-state index contributed by atoms with van der Waals surface area (Å²) in [4.78, 5) is 14.3. The van der Waals surface area contributed by atoms with Gasteiger partial charge < -0.3 is 5.32 Å². The van der Waals surface area contributed by atoms with Gasteiger partial charge in [-0.3, -0.25) is 9.79 Å². The van der Waals surface area contributed by atoms with E-state index in [1.165, 1.54) is 6.92 Å². The number of carbonyl (C=O) groups excluding carboxylic acids is 1. The van der Waals surface area contributed by atoms with Crippen molar-refractivity contribution in [3.63, 3.8) is 0 Å². The lowest BCUT2D eigenvalue weighted by Gasteiger charge is -2.00. The van der Waals surface area contributed by atoms with Gasteiger partial charge in [0.2, 0.25) is 5.91 Å². The average Bonchev–Trinajstić information content (AvgIpc) is 2.05. The van der Waals surface area contributed by atoms with Gasteiger partial charge in [0.05, 0.1) is 0 Å². The van der Waals surface area contributed by atoms with Crippen LogP contribution in [-0.2, 0) is 4.79 Å². The van der Waals surface area contributed by atoms with Crippen molar-refractivity contribution in [1.82, 2.24) is 5.32 Å². The molecule has 3 nitrogen and oxygen atoms in total. The van der Waals surface area contributed by atoms with Gasteiger partial charge in [0.1, 0.15) is 0 Å². The largest absolute Gasteiger partial charge is 0.352 e. The zero-order valence-corrected chi connectivity index (χ0v) is 7.50. The maximum Gasteiger partial charge on any atom is 0.217 e. The van der Waals surface area contributed by atoms with E-state index in [1.54, 1.807) is 19.3 Å². The van der Waals surface area contributed by atoms with E-state index in [0.717, 1.165) is 5.57 Å². The number of amides is 1. The monoisotopic (exact) mass is 166 g/mol. The highest BCUT2D eigenvalue weighted by Gasteiger charge is 1.91. The summed E-state index contributed by atoms with van der Waals surface area (Å²) >= 11 is 0. The van der Waals surface area contributed by atoms with Gasteiger partial charge in [-0.2, -0.15) is 0 Å². The third kappa shape index (κ3) is 5.41. The second-order valence-electron chi connectivity index (χ2n) is 2.26. The molecule has 0 aromatic rings. The molecule has 0 unspecified atom stereocenters. The molecule has 0 rings (SSSR count). The Labute approximate surface area is 72.9 Å². The van der Waals surface area contributed by atoms with Crippen molar-refractivity contribution in [2.45, 2.75) is 6.92 Å². The Balaban J connectivity index is 3.99. The van der Waals surface area contributed by atoms with E-state index >= 15 is 0 Å². The second-order valence-corrected chi connectivity index (χ2v) is 2.26. The van der Waals surface area contributed by atoms with Crippen LogP contribution in [0.1, 0.15) is 6.92 Å². The first-order valence-electron chi connectivity index (χ1n) is 3.69. The predicted octanol–water partition coefficient (Wildman–Crippen LogP) is 0.935. The van der Waals surface area contributed by atoms with Gasteiger partial charge >= 0.3 is 0 Å². The molecule has 0 atom stereocenters. The van der Waals surface area contributed by atoms with Crippen LogP contribution in [0, 0.1) is 0 Å². The molecule has 12 heavy (non-hydrogen) atoms. The van der Waals surface area contributed by atoms with Crippen molar-refractivity contribution < 1.29 is 4.79 Å². The lowest BCUT2D eigenvalue weighted by molar-refractivity contribution is -0.118. The summed E-state index contributed by atoms with van der Waals surface area (Å²) in [5.41, 5.74) is 0.941. The fraction of sp³-hybridized carbons (Fsp3) is 0.333. The Morgan fingerprint density at radius 3 is 2.75 bits per heavy atom. The Morgan fingerprint density at radius 1 is 1.67 bits per heavy atom. The minimum absolute atomic E-state index is 0.0452. The first-order chi connectivity index (χ1) is 5.70. The lowest BCUT2D eigenvalue weighted by Crippen LogP contribution is -2.21. The fourth-order valence-corrected chi connectivity index (χ4v) is 0.596. The first kappa shape index (κ1) is 10.6. The van der Waals surface area contributed by atoms with Crippen molar-refractivity contribution in [3.8, 4) is 0 Å². The topological polar surface area (TPSA) is 41.5 Å². The van der Waals surface area contributed by atoms with Gasteiger partial charge in [-0.15, -0.1) is 0 Å². The molecule has 0 heterocycles. The van der Waals surface area contributed by atoms with E-state index in [2.05, 4.69) is 16.9 Å². The molecule has 0 aliphatic heterocycles. The second kappa shape index (κ2) is 6.34. The highest BCUT2D eigenvalue weighted by atomic mass is 16.1. The van der Waals surface area contributed by atoms with E-state index in [-0.39, 0.29) is 5.91 Å². The number of hydrogen-bond donors (Lipinski definition) is 1. The molecule has 0 aromatic heterocycles. The molecular formula is C9H14N2O. The molecule has 0 aliphatic rings. The van der Waals surface area contributed by atoms with Crippen LogP contribution in [0.2, 0.25) is 0 Å². The molecule has 3 heteroatoms. The summed E-state index contributed by atoms with van der Waals surface area (Å²) in [6, 6.07) is 0. The zero-order chi connectivity index (χ0) is 9.40. The van der Waals surface area contributed by atoms with E-state index in [1.807, 2.05) is 6.08 Å². The maximum absolute atomic E-state index is 10.5. The van der Waals surface area contributed by atoms with Gasteiger partial charge in [-0.1, -0.05) is 12.7 Å². The summed E-state index contributed by atoms with van der Waals surface area (Å²) in [6.07, 6.45) is 5.17.